The standard InChI is InChI=1S/C16H24N6O2S/c1-12(2)22-16(7-8-18-22)14-11-17-10-13(19-14)15-6-5-9-21(15)25(23,24)20(3)4/h7-8,10-12,15H,5-6,9H2,1-4H3. The van der Waals surface area contributed by atoms with E-state index >= 15 is 0 Å². The fourth-order valence-electron chi connectivity index (χ4n) is 3.12. The zero-order chi connectivity index (χ0) is 18.2. The van der Waals surface area contributed by atoms with Gasteiger partial charge in [-0.25, -0.2) is 4.98 Å². The fourth-order valence-corrected chi connectivity index (χ4v) is 4.43. The highest BCUT2D eigenvalue weighted by molar-refractivity contribution is 7.86. The third kappa shape index (κ3) is 3.31. The molecule has 1 aliphatic rings. The minimum absolute atomic E-state index is 0.201. The molecule has 1 unspecified atom stereocenters. The summed E-state index contributed by atoms with van der Waals surface area (Å²) in [5.41, 5.74) is 2.26. The van der Waals surface area contributed by atoms with Crippen LogP contribution in [0.2, 0.25) is 0 Å². The minimum atomic E-state index is -3.48. The Morgan fingerprint density at radius 2 is 2.04 bits per heavy atom. The second-order valence-corrected chi connectivity index (χ2v) is 8.74. The molecule has 1 saturated heterocycles. The Morgan fingerprint density at radius 3 is 2.72 bits per heavy atom. The number of aromatic nitrogens is 4. The summed E-state index contributed by atoms with van der Waals surface area (Å²) in [7, 11) is -0.382. The van der Waals surface area contributed by atoms with Gasteiger partial charge in [0.25, 0.3) is 10.2 Å². The third-order valence-corrected chi connectivity index (χ3v) is 6.33. The summed E-state index contributed by atoms with van der Waals surface area (Å²) in [5.74, 6) is 0. The van der Waals surface area contributed by atoms with Crippen LogP contribution in [0, 0.1) is 0 Å². The van der Waals surface area contributed by atoms with Gasteiger partial charge in [-0.1, -0.05) is 0 Å². The van der Waals surface area contributed by atoms with E-state index in [2.05, 4.69) is 23.9 Å². The maximum atomic E-state index is 12.6. The van der Waals surface area contributed by atoms with Crippen LogP contribution in [0.4, 0.5) is 0 Å². The monoisotopic (exact) mass is 364 g/mol. The molecule has 0 spiro atoms. The first kappa shape index (κ1) is 18.0. The Kier molecular flexibility index (Phi) is 4.90. The van der Waals surface area contributed by atoms with Gasteiger partial charge in [0.15, 0.2) is 0 Å². The topological polar surface area (TPSA) is 84.2 Å². The summed E-state index contributed by atoms with van der Waals surface area (Å²) in [6.45, 7) is 4.60. The zero-order valence-electron chi connectivity index (χ0n) is 15.0. The van der Waals surface area contributed by atoms with Crippen molar-refractivity contribution < 1.29 is 8.42 Å². The first-order chi connectivity index (χ1) is 11.8. The molecule has 1 aliphatic heterocycles. The molecule has 0 amide bonds. The second-order valence-electron chi connectivity index (χ2n) is 6.64. The molecule has 0 saturated carbocycles. The van der Waals surface area contributed by atoms with Gasteiger partial charge in [0, 0.05) is 32.9 Å². The summed E-state index contributed by atoms with van der Waals surface area (Å²) >= 11 is 0. The SMILES string of the molecule is CC(C)n1nccc1-c1cncc(C2CCCN2S(=O)(=O)N(C)C)n1. The molecule has 25 heavy (non-hydrogen) atoms. The van der Waals surface area contributed by atoms with Gasteiger partial charge in [0.1, 0.15) is 5.69 Å². The van der Waals surface area contributed by atoms with Crippen LogP contribution in [0.3, 0.4) is 0 Å². The molecule has 2 aromatic rings. The Balaban J connectivity index is 1.98. The fraction of sp³-hybridized carbons (Fsp3) is 0.562. The van der Waals surface area contributed by atoms with E-state index in [9.17, 15) is 8.42 Å². The second kappa shape index (κ2) is 6.81. The lowest BCUT2D eigenvalue weighted by molar-refractivity contribution is 0.357. The first-order valence-electron chi connectivity index (χ1n) is 8.37. The van der Waals surface area contributed by atoms with E-state index in [0.29, 0.717) is 17.9 Å². The molecule has 8 nitrogen and oxygen atoms in total. The van der Waals surface area contributed by atoms with Gasteiger partial charge in [0.05, 0.1) is 29.8 Å². The maximum Gasteiger partial charge on any atom is 0.282 e. The van der Waals surface area contributed by atoms with Crippen molar-refractivity contribution in [2.45, 2.75) is 38.8 Å². The van der Waals surface area contributed by atoms with Crippen molar-refractivity contribution in [1.29, 1.82) is 0 Å². The average Bonchev–Trinajstić information content (AvgIpc) is 3.24. The summed E-state index contributed by atoms with van der Waals surface area (Å²) < 4.78 is 29.8. The predicted molar refractivity (Wildman–Crippen MR) is 94.9 cm³/mol. The van der Waals surface area contributed by atoms with Crippen LogP contribution >= 0.6 is 0 Å². The van der Waals surface area contributed by atoms with E-state index in [-0.39, 0.29) is 12.1 Å². The third-order valence-electron chi connectivity index (χ3n) is 4.38. The van der Waals surface area contributed by atoms with Gasteiger partial charge < -0.3 is 0 Å². The lowest BCUT2D eigenvalue weighted by Crippen LogP contribution is -2.39. The summed E-state index contributed by atoms with van der Waals surface area (Å²) in [4.78, 5) is 9.02. The van der Waals surface area contributed by atoms with Crippen LogP contribution in [0.5, 0.6) is 0 Å². The number of hydrogen-bond donors (Lipinski definition) is 0. The summed E-state index contributed by atoms with van der Waals surface area (Å²) in [6, 6.07) is 1.82. The Morgan fingerprint density at radius 1 is 1.28 bits per heavy atom. The van der Waals surface area contributed by atoms with Crippen molar-refractivity contribution in [2.24, 2.45) is 0 Å². The lowest BCUT2D eigenvalue weighted by atomic mass is 10.1. The van der Waals surface area contributed by atoms with Gasteiger partial charge in [-0.15, -0.1) is 0 Å². The van der Waals surface area contributed by atoms with Gasteiger partial charge >= 0.3 is 0 Å². The molecule has 0 aliphatic carbocycles. The van der Waals surface area contributed by atoms with Crippen LogP contribution < -0.4 is 0 Å². The zero-order valence-corrected chi connectivity index (χ0v) is 15.8. The van der Waals surface area contributed by atoms with E-state index < -0.39 is 10.2 Å². The highest BCUT2D eigenvalue weighted by Gasteiger charge is 2.37. The Hall–Kier alpha value is -1.84. The number of nitrogens with zero attached hydrogens (tertiary/aromatic N) is 6. The molecule has 1 fully saturated rings. The molecule has 2 aromatic heterocycles. The lowest BCUT2D eigenvalue weighted by Gasteiger charge is -2.26. The molecule has 3 rings (SSSR count). The van der Waals surface area contributed by atoms with E-state index in [1.54, 1.807) is 32.7 Å². The minimum Gasteiger partial charge on any atom is -0.261 e. The summed E-state index contributed by atoms with van der Waals surface area (Å²) in [5, 5.41) is 4.33. The molecule has 1 atom stereocenters. The molecule has 136 valence electrons. The molecule has 0 bridgehead atoms. The van der Waals surface area contributed by atoms with Gasteiger partial charge in [-0.2, -0.15) is 22.1 Å². The van der Waals surface area contributed by atoms with Gasteiger partial charge in [-0.05, 0) is 32.8 Å². The van der Waals surface area contributed by atoms with Crippen molar-refractivity contribution >= 4 is 10.2 Å². The van der Waals surface area contributed by atoms with E-state index in [4.69, 9.17) is 4.98 Å². The molecule has 0 N–H and O–H groups in total. The number of hydrogen-bond acceptors (Lipinski definition) is 5. The Labute approximate surface area is 148 Å². The van der Waals surface area contributed by atoms with Crippen molar-refractivity contribution in [2.75, 3.05) is 20.6 Å². The van der Waals surface area contributed by atoms with Crippen molar-refractivity contribution in [3.63, 3.8) is 0 Å². The van der Waals surface area contributed by atoms with Crippen molar-refractivity contribution in [3.05, 3.63) is 30.4 Å². The molecular formula is C16H24N6O2S. The predicted octanol–water partition coefficient (Wildman–Crippen LogP) is 1.86. The van der Waals surface area contributed by atoms with E-state index in [1.165, 1.54) is 8.61 Å². The normalized spacial score (nSPS) is 19.2. The molecule has 0 aromatic carbocycles. The van der Waals surface area contributed by atoms with Gasteiger partial charge in [-0.3, -0.25) is 9.67 Å². The van der Waals surface area contributed by atoms with Crippen molar-refractivity contribution in [1.82, 2.24) is 28.4 Å². The van der Waals surface area contributed by atoms with E-state index in [0.717, 1.165) is 18.5 Å². The van der Waals surface area contributed by atoms with E-state index in [1.807, 2.05) is 10.7 Å². The summed E-state index contributed by atoms with van der Waals surface area (Å²) in [6.07, 6.45) is 6.65. The quantitative estimate of drug-likeness (QED) is 0.808. The Bertz CT molecular complexity index is 846. The molecule has 9 heteroatoms. The van der Waals surface area contributed by atoms with Crippen LogP contribution in [0.15, 0.2) is 24.7 Å². The van der Waals surface area contributed by atoms with Gasteiger partial charge in [0.2, 0.25) is 0 Å². The number of rotatable bonds is 5. The van der Waals surface area contributed by atoms with Crippen LogP contribution in [-0.4, -0.2) is 57.4 Å². The van der Waals surface area contributed by atoms with Crippen molar-refractivity contribution in [3.8, 4) is 11.4 Å². The molecular weight excluding hydrogens is 340 g/mol. The maximum absolute atomic E-state index is 12.6. The van der Waals surface area contributed by atoms with Crippen LogP contribution in [-0.2, 0) is 10.2 Å². The average molecular weight is 364 g/mol. The first-order valence-corrected chi connectivity index (χ1v) is 9.77. The molecule has 0 radical (unpaired) electrons. The largest absolute Gasteiger partial charge is 0.282 e. The van der Waals surface area contributed by atoms with Crippen LogP contribution in [0.1, 0.15) is 44.5 Å². The van der Waals surface area contributed by atoms with Crippen LogP contribution in [0.25, 0.3) is 11.4 Å². The smallest absolute Gasteiger partial charge is 0.261 e. The highest BCUT2D eigenvalue weighted by Crippen LogP contribution is 2.34. The molecule has 3 heterocycles. The highest BCUT2D eigenvalue weighted by atomic mass is 32.2.